The number of aryl methyl sites for hydroxylation is 1. The predicted molar refractivity (Wildman–Crippen MR) is 94.5 cm³/mol. The zero-order valence-electron chi connectivity index (χ0n) is 13.9. The number of carbonyl (C=O) groups excluding carboxylic acids is 1. The quantitative estimate of drug-likeness (QED) is 0.741. The monoisotopic (exact) mass is 319 g/mol. The molecule has 122 valence electrons. The van der Waals surface area contributed by atoms with Crippen molar-refractivity contribution in [1.29, 1.82) is 0 Å². The third-order valence-corrected chi connectivity index (χ3v) is 4.85. The second-order valence-corrected chi connectivity index (χ2v) is 6.55. The van der Waals surface area contributed by atoms with Gasteiger partial charge in [-0.05, 0) is 29.2 Å². The van der Waals surface area contributed by atoms with Crippen LogP contribution in [0.4, 0.5) is 0 Å². The molecule has 1 saturated heterocycles. The van der Waals surface area contributed by atoms with Crippen molar-refractivity contribution in [2.24, 2.45) is 7.05 Å². The molecule has 4 nitrogen and oxygen atoms in total. The molecule has 0 bridgehead atoms. The fraction of sp³-hybridized carbons (Fsp3) is 0.300. The molecule has 1 atom stereocenters. The molecule has 0 spiro atoms. The Morgan fingerprint density at radius 2 is 2.04 bits per heavy atom. The van der Waals surface area contributed by atoms with Gasteiger partial charge in [0.1, 0.15) is 0 Å². The number of fused-ring (bicyclic) bond motifs is 1. The van der Waals surface area contributed by atoms with Crippen LogP contribution in [0.25, 0.3) is 10.8 Å². The van der Waals surface area contributed by atoms with Crippen molar-refractivity contribution in [1.82, 2.24) is 14.7 Å². The highest BCUT2D eigenvalue weighted by Gasteiger charge is 2.30. The largest absolute Gasteiger partial charge is 0.335 e. The minimum atomic E-state index is 0.173. The summed E-state index contributed by atoms with van der Waals surface area (Å²) in [7, 11) is 1.92. The van der Waals surface area contributed by atoms with Crippen LogP contribution >= 0.6 is 0 Å². The molecule has 2 heterocycles. The molecule has 0 saturated carbocycles. The Bertz CT molecular complexity index is 883. The van der Waals surface area contributed by atoms with E-state index in [1.54, 1.807) is 4.68 Å². The van der Waals surface area contributed by atoms with Gasteiger partial charge in [0.25, 0.3) is 0 Å². The number of aromatic nitrogens is 2. The fourth-order valence-corrected chi connectivity index (χ4v) is 3.65. The molecule has 0 unspecified atom stereocenters. The van der Waals surface area contributed by atoms with Crippen LogP contribution in [0.15, 0.2) is 54.9 Å². The molecule has 2 aromatic carbocycles. The fourth-order valence-electron chi connectivity index (χ4n) is 3.65. The molecule has 1 fully saturated rings. The molecule has 1 aliphatic rings. The zero-order valence-corrected chi connectivity index (χ0v) is 13.9. The van der Waals surface area contributed by atoms with Gasteiger partial charge >= 0.3 is 0 Å². The average molecular weight is 319 g/mol. The number of carbonyl (C=O) groups is 1. The minimum absolute atomic E-state index is 0.173. The van der Waals surface area contributed by atoms with E-state index in [0.29, 0.717) is 6.42 Å². The number of benzene rings is 2. The Morgan fingerprint density at radius 3 is 2.83 bits per heavy atom. The van der Waals surface area contributed by atoms with Crippen LogP contribution in [0.3, 0.4) is 0 Å². The number of rotatable bonds is 3. The van der Waals surface area contributed by atoms with Gasteiger partial charge in [-0.25, -0.2) is 0 Å². The number of nitrogens with zero attached hydrogens (tertiary/aromatic N) is 3. The first-order valence-corrected chi connectivity index (χ1v) is 8.46. The first-order valence-electron chi connectivity index (χ1n) is 8.46. The Kier molecular flexibility index (Phi) is 3.81. The second kappa shape index (κ2) is 6.11. The molecule has 0 radical (unpaired) electrons. The van der Waals surface area contributed by atoms with E-state index in [2.05, 4.69) is 35.4 Å². The highest BCUT2D eigenvalue weighted by atomic mass is 16.2. The van der Waals surface area contributed by atoms with Crippen LogP contribution in [-0.4, -0.2) is 27.1 Å². The van der Waals surface area contributed by atoms with E-state index < -0.39 is 0 Å². The smallest absolute Gasteiger partial charge is 0.227 e. The van der Waals surface area contributed by atoms with Crippen molar-refractivity contribution < 1.29 is 4.79 Å². The summed E-state index contributed by atoms with van der Waals surface area (Å²) in [5.74, 6) is 0.205. The SMILES string of the molecule is Cn1cc([C@@H]2CCCN2C(=O)Cc2ccc3ccccc3c2)cn1. The molecule has 0 aliphatic carbocycles. The maximum Gasteiger partial charge on any atom is 0.227 e. The van der Waals surface area contributed by atoms with Gasteiger partial charge in [-0.2, -0.15) is 5.10 Å². The van der Waals surface area contributed by atoms with Gasteiger partial charge in [0.15, 0.2) is 0 Å². The number of hydrogen-bond acceptors (Lipinski definition) is 2. The van der Waals surface area contributed by atoms with Crippen LogP contribution in [0.2, 0.25) is 0 Å². The van der Waals surface area contributed by atoms with Crippen molar-refractivity contribution in [3.05, 3.63) is 66.0 Å². The van der Waals surface area contributed by atoms with E-state index in [1.807, 2.05) is 36.5 Å². The van der Waals surface area contributed by atoms with Crippen LogP contribution in [0.5, 0.6) is 0 Å². The normalized spacial score (nSPS) is 17.5. The number of hydrogen-bond donors (Lipinski definition) is 0. The third kappa shape index (κ3) is 2.80. The second-order valence-electron chi connectivity index (χ2n) is 6.55. The van der Waals surface area contributed by atoms with Crippen molar-refractivity contribution in [3.63, 3.8) is 0 Å². The Hall–Kier alpha value is -2.62. The number of likely N-dealkylation sites (tertiary alicyclic amines) is 1. The first kappa shape index (κ1) is 14.9. The molecule has 3 aromatic rings. The molecule has 24 heavy (non-hydrogen) atoms. The number of amides is 1. The van der Waals surface area contributed by atoms with E-state index in [0.717, 1.165) is 30.5 Å². The molecule has 1 amide bonds. The van der Waals surface area contributed by atoms with E-state index >= 15 is 0 Å². The van der Waals surface area contributed by atoms with Crippen LogP contribution in [0, 0.1) is 0 Å². The van der Waals surface area contributed by atoms with E-state index in [4.69, 9.17) is 0 Å². The highest BCUT2D eigenvalue weighted by molar-refractivity contribution is 5.85. The summed E-state index contributed by atoms with van der Waals surface area (Å²) in [6, 6.07) is 14.7. The van der Waals surface area contributed by atoms with E-state index in [9.17, 15) is 4.79 Å². The highest BCUT2D eigenvalue weighted by Crippen LogP contribution is 2.32. The van der Waals surface area contributed by atoms with Crippen molar-refractivity contribution >= 4 is 16.7 Å². The van der Waals surface area contributed by atoms with Gasteiger partial charge in [0.05, 0.1) is 18.7 Å². The summed E-state index contributed by atoms with van der Waals surface area (Å²) in [6.45, 7) is 0.839. The van der Waals surface area contributed by atoms with Gasteiger partial charge in [0.2, 0.25) is 5.91 Å². The average Bonchev–Trinajstić information content (AvgIpc) is 3.23. The molecule has 4 heteroatoms. The van der Waals surface area contributed by atoms with Gasteiger partial charge in [-0.15, -0.1) is 0 Å². The van der Waals surface area contributed by atoms with Crippen molar-refractivity contribution in [2.45, 2.75) is 25.3 Å². The molecule has 4 rings (SSSR count). The van der Waals surface area contributed by atoms with Gasteiger partial charge < -0.3 is 4.90 Å². The summed E-state index contributed by atoms with van der Waals surface area (Å²) in [6.07, 6.45) is 6.44. The van der Waals surface area contributed by atoms with Crippen LogP contribution in [-0.2, 0) is 18.3 Å². The van der Waals surface area contributed by atoms with Crippen LogP contribution in [0.1, 0.15) is 30.0 Å². The summed E-state index contributed by atoms with van der Waals surface area (Å²) in [5, 5.41) is 6.65. The van der Waals surface area contributed by atoms with Crippen molar-refractivity contribution in [2.75, 3.05) is 6.54 Å². The first-order chi connectivity index (χ1) is 11.7. The summed E-state index contributed by atoms with van der Waals surface area (Å²) in [5.41, 5.74) is 2.22. The molecule has 1 aromatic heterocycles. The third-order valence-electron chi connectivity index (χ3n) is 4.85. The zero-order chi connectivity index (χ0) is 16.5. The Balaban J connectivity index is 1.54. The van der Waals surface area contributed by atoms with Crippen molar-refractivity contribution in [3.8, 4) is 0 Å². The van der Waals surface area contributed by atoms with Crippen LogP contribution < -0.4 is 0 Å². The minimum Gasteiger partial charge on any atom is -0.335 e. The van der Waals surface area contributed by atoms with Gasteiger partial charge in [0, 0.05) is 25.4 Å². The maximum atomic E-state index is 12.8. The maximum absolute atomic E-state index is 12.8. The standard InChI is InChI=1S/C20H21N3O/c1-22-14-18(13-21-22)19-7-4-10-23(19)20(24)12-15-8-9-16-5-2-3-6-17(16)11-15/h2-3,5-6,8-9,11,13-14,19H,4,7,10,12H2,1H3/t19-/m0/s1. The van der Waals surface area contributed by atoms with E-state index in [-0.39, 0.29) is 11.9 Å². The topological polar surface area (TPSA) is 38.1 Å². The van der Waals surface area contributed by atoms with E-state index in [1.165, 1.54) is 10.8 Å². The Morgan fingerprint density at radius 1 is 1.21 bits per heavy atom. The van der Waals surface area contributed by atoms with Gasteiger partial charge in [-0.1, -0.05) is 42.5 Å². The lowest BCUT2D eigenvalue weighted by atomic mass is 10.0. The lowest BCUT2D eigenvalue weighted by Gasteiger charge is -2.24. The predicted octanol–water partition coefficient (Wildman–Crippen LogP) is 3.48. The molecular weight excluding hydrogens is 298 g/mol. The molecule has 0 N–H and O–H groups in total. The summed E-state index contributed by atoms with van der Waals surface area (Å²) >= 11 is 0. The van der Waals surface area contributed by atoms with Gasteiger partial charge in [-0.3, -0.25) is 9.48 Å². The lowest BCUT2D eigenvalue weighted by molar-refractivity contribution is -0.131. The molecular formula is C20H21N3O. The summed E-state index contributed by atoms with van der Waals surface area (Å²) < 4.78 is 1.81. The Labute approximate surface area is 141 Å². The lowest BCUT2D eigenvalue weighted by Crippen LogP contribution is -2.31. The molecule has 1 aliphatic heterocycles. The summed E-state index contributed by atoms with van der Waals surface area (Å²) in [4.78, 5) is 14.9.